The molecule has 0 spiro atoms. The third kappa shape index (κ3) is 3.32. The maximum Gasteiger partial charge on any atom is 0.274 e. The van der Waals surface area contributed by atoms with Crippen molar-refractivity contribution in [2.75, 3.05) is 0 Å². The Kier molecular flexibility index (Phi) is 5.13. The number of para-hydroxylation sites is 1. The number of hydrogen-bond donors (Lipinski definition) is 0. The lowest BCUT2D eigenvalue weighted by molar-refractivity contribution is 0.836. The van der Waals surface area contributed by atoms with Gasteiger partial charge in [-0.15, -0.1) is 0 Å². The lowest BCUT2D eigenvalue weighted by atomic mass is 10.1. The predicted octanol–water partition coefficient (Wildman–Crippen LogP) is 6.49. The average molecular weight is 549 g/mol. The van der Waals surface area contributed by atoms with Gasteiger partial charge in [0.1, 0.15) is 5.52 Å². The number of aryl methyl sites for hydroxylation is 1. The lowest BCUT2D eigenvalue weighted by Crippen LogP contribution is -2.22. The van der Waals surface area contributed by atoms with Crippen molar-refractivity contribution in [1.82, 2.24) is 14.0 Å². The molecule has 7 heteroatoms. The van der Waals surface area contributed by atoms with E-state index in [0.29, 0.717) is 16.0 Å². The van der Waals surface area contributed by atoms with Gasteiger partial charge in [0.2, 0.25) is 0 Å². The van der Waals surface area contributed by atoms with Gasteiger partial charge in [0.05, 0.1) is 10.0 Å². The van der Waals surface area contributed by atoms with Crippen LogP contribution >= 0.6 is 38.9 Å². The largest absolute Gasteiger partial charge is 0.342 e. The molecule has 0 amide bonds. The summed E-state index contributed by atoms with van der Waals surface area (Å²) in [6.07, 6.45) is 4.08. The van der Waals surface area contributed by atoms with Crippen molar-refractivity contribution in [3.63, 3.8) is 0 Å². The highest BCUT2D eigenvalue weighted by Crippen LogP contribution is 2.30. The molecule has 3 aromatic heterocycles. The van der Waals surface area contributed by atoms with E-state index in [1.807, 2.05) is 48.5 Å². The summed E-state index contributed by atoms with van der Waals surface area (Å²) >= 11 is 11.5. The summed E-state index contributed by atoms with van der Waals surface area (Å²) in [7, 11) is 0. The van der Waals surface area contributed by atoms with E-state index < -0.39 is 0 Å². The minimum Gasteiger partial charge on any atom is -0.342 e. The van der Waals surface area contributed by atoms with Crippen molar-refractivity contribution in [2.45, 2.75) is 20.4 Å². The van der Waals surface area contributed by atoms with Gasteiger partial charge in [0.15, 0.2) is 4.96 Å². The zero-order chi connectivity index (χ0) is 23.6. The van der Waals surface area contributed by atoms with Gasteiger partial charge in [0, 0.05) is 38.7 Å². The van der Waals surface area contributed by atoms with E-state index in [9.17, 15) is 4.79 Å². The molecule has 0 fully saturated rings. The second-order valence-electron chi connectivity index (χ2n) is 8.47. The molecule has 168 valence electrons. The summed E-state index contributed by atoms with van der Waals surface area (Å²) in [6.45, 7) is 4.77. The number of fused-ring (bicyclic) bond motifs is 4. The van der Waals surface area contributed by atoms with Crippen molar-refractivity contribution in [1.29, 1.82) is 0 Å². The molecular weight excluding hydrogens is 530 g/mol. The van der Waals surface area contributed by atoms with Gasteiger partial charge in [-0.25, -0.2) is 9.38 Å². The van der Waals surface area contributed by atoms with E-state index in [4.69, 9.17) is 16.6 Å². The molecule has 0 aliphatic rings. The van der Waals surface area contributed by atoms with Crippen LogP contribution in [0.1, 0.15) is 22.3 Å². The van der Waals surface area contributed by atoms with Crippen LogP contribution in [0.5, 0.6) is 0 Å². The van der Waals surface area contributed by atoms with Gasteiger partial charge in [0.25, 0.3) is 5.56 Å². The monoisotopic (exact) mass is 547 g/mol. The first-order valence-electron chi connectivity index (χ1n) is 10.9. The van der Waals surface area contributed by atoms with E-state index in [-0.39, 0.29) is 5.56 Å². The van der Waals surface area contributed by atoms with E-state index >= 15 is 0 Å². The molecule has 0 atom stereocenters. The van der Waals surface area contributed by atoms with Gasteiger partial charge < -0.3 is 4.57 Å². The third-order valence-corrected chi connectivity index (χ3v) is 8.69. The number of thiazole rings is 1. The fourth-order valence-electron chi connectivity index (χ4n) is 4.45. The first-order valence-corrected chi connectivity index (χ1v) is 12.8. The number of hydrogen-bond acceptors (Lipinski definition) is 3. The maximum atomic E-state index is 13.5. The smallest absolute Gasteiger partial charge is 0.274 e. The molecule has 6 rings (SSSR count). The third-order valence-electron chi connectivity index (χ3n) is 6.38. The lowest BCUT2D eigenvalue weighted by Gasteiger charge is -2.07. The Morgan fingerprint density at radius 3 is 2.68 bits per heavy atom. The highest BCUT2D eigenvalue weighted by Gasteiger charge is 2.16. The van der Waals surface area contributed by atoms with Gasteiger partial charge in [-0.2, -0.15) is 0 Å². The summed E-state index contributed by atoms with van der Waals surface area (Å²) in [5.41, 5.74) is 7.05. The minimum atomic E-state index is -0.0411. The molecule has 0 saturated heterocycles. The van der Waals surface area contributed by atoms with Crippen LogP contribution in [0.2, 0.25) is 5.02 Å². The predicted molar refractivity (Wildman–Crippen MR) is 145 cm³/mol. The Hall–Kier alpha value is -2.93. The molecule has 3 heterocycles. The van der Waals surface area contributed by atoms with Gasteiger partial charge in [-0.05, 0) is 70.7 Å². The Morgan fingerprint density at radius 1 is 1.09 bits per heavy atom. The number of halogens is 2. The molecular formula is C27H19BrClN3OS. The molecule has 34 heavy (non-hydrogen) atoms. The zero-order valence-electron chi connectivity index (χ0n) is 18.5. The number of rotatable bonds is 3. The van der Waals surface area contributed by atoms with Crippen molar-refractivity contribution in [3.05, 3.63) is 107 Å². The van der Waals surface area contributed by atoms with E-state index in [1.165, 1.54) is 11.3 Å². The Labute approximate surface area is 212 Å². The molecule has 3 aromatic carbocycles. The van der Waals surface area contributed by atoms with Crippen molar-refractivity contribution < 1.29 is 0 Å². The normalized spacial score (nSPS) is 12.5. The standard InChI is InChI=1S/C27H19BrClN3OS/c1-15-11-22-25(24(28)16(15)2)30-27-32(22)26(33)23(34-27)12-18-14-31(21-10-6-4-8-19(18)21)13-17-7-3-5-9-20(17)29/h3-12,14H,13H2,1-2H3/b23-12+. The number of imidazole rings is 1. The van der Waals surface area contributed by atoms with Crippen molar-refractivity contribution in [3.8, 4) is 0 Å². The Bertz CT molecular complexity index is 1860. The molecule has 0 unspecified atom stereocenters. The van der Waals surface area contributed by atoms with Crippen LogP contribution in [-0.2, 0) is 6.54 Å². The minimum absolute atomic E-state index is 0.0411. The van der Waals surface area contributed by atoms with Crippen LogP contribution in [-0.4, -0.2) is 14.0 Å². The van der Waals surface area contributed by atoms with Crippen LogP contribution < -0.4 is 10.1 Å². The van der Waals surface area contributed by atoms with Gasteiger partial charge in [-0.1, -0.05) is 59.3 Å². The summed E-state index contributed by atoms with van der Waals surface area (Å²) < 4.78 is 5.53. The first kappa shape index (κ1) is 21.6. The van der Waals surface area contributed by atoms with Crippen LogP contribution in [0.4, 0.5) is 0 Å². The van der Waals surface area contributed by atoms with E-state index in [1.54, 1.807) is 4.40 Å². The molecule has 0 bridgehead atoms. The fraction of sp³-hybridized carbons (Fsp3) is 0.111. The molecule has 0 aliphatic carbocycles. The molecule has 0 saturated carbocycles. The van der Waals surface area contributed by atoms with Crippen LogP contribution in [0.3, 0.4) is 0 Å². The number of benzene rings is 3. The van der Waals surface area contributed by atoms with Crippen molar-refractivity contribution in [2.24, 2.45) is 0 Å². The average Bonchev–Trinajstić information content (AvgIpc) is 3.46. The zero-order valence-corrected chi connectivity index (χ0v) is 21.6. The SMILES string of the molecule is Cc1cc2c(nc3s/c(=C/c4cn(Cc5ccccc5Cl)c5ccccc45)c(=O)n32)c(Br)c1C. The highest BCUT2D eigenvalue weighted by atomic mass is 79.9. The quantitative estimate of drug-likeness (QED) is 0.253. The number of nitrogens with zero attached hydrogens (tertiary/aromatic N) is 3. The number of aromatic nitrogens is 3. The van der Waals surface area contributed by atoms with Crippen LogP contribution in [0, 0.1) is 13.8 Å². The van der Waals surface area contributed by atoms with E-state index in [0.717, 1.165) is 53.7 Å². The summed E-state index contributed by atoms with van der Waals surface area (Å²) in [6, 6.07) is 18.2. The Morgan fingerprint density at radius 2 is 1.85 bits per heavy atom. The summed E-state index contributed by atoms with van der Waals surface area (Å²) in [5, 5.41) is 1.84. The second-order valence-corrected chi connectivity index (χ2v) is 10.7. The topological polar surface area (TPSA) is 39.3 Å². The molecule has 0 radical (unpaired) electrons. The maximum absolute atomic E-state index is 13.5. The Balaban J connectivity index is 1.55. The van der Waals surface area contributed by atoms with Gasteiger partial charge >= 0.3 is 0 Å². The van der Waals surface area contributed by atoms with Crippen molar-refractivity contribution >= 4 is 71.8 Å². The van der Waals surface area contributed by atoms with E-state index in [2.05, 4.69) is 52.7 Å². The van der Waals surface area contributed by atoms with Crippen LogP contribution in [0.25, 0.3) is 33.0 Å². The molecule has 0 aliphatic heterocycles. The second kappa shape index (κ2) is 8.08. The van der Waals surface area contributed by atoms with Gasteiger partial charge in [-0.3, -0.25) is 4.79 Å². The molecule has 0 N–H and O–H groups in total. The summed E-state index contributed by atoms with van der Waals surface area (Å²) in [4.78, 5) is 18.9. The highest BCUT2D eigenvalue weighted by molar-refractivity contribution is 9.10. The summed E-state index contributed by atoms with van der Waals surface area (Å²) in [5.74, 6) is 0. The molecule has 6 aromatic rings. The molecule has 4 nitrogen and oxygen atoms in total. The fourth-order valence-corrected chi connectivity index (χ4v) is 6.22. The first-order chi connectivity index (χ1) is 16.4. The van der Waals surface area contributed by atoms with Crippen LogP contribution in [0.15, 0.2) is 70.1 Å².